The highest BCUT2D eigenvalue weighted by Crippen LogP contribution is 2.02. The van der Waals surface area contributed by atoms with Gasteiger partial charge in [-0.1, -0.05) is 6.58 Å². The first-order valence-corrected chi connectivity index (χ1v) is 4.61. The van der Waals surface area contributed by atoms with Crippen LogP contribution in [0.4, 0.5) is 0 Å². The van der Waals surface area contributed by atoms with Crippen LogP contribution in [0.15, 0.2) is 29.5 Å². The fourth-order valence-electron chi connectivity index (χ4n) is 1.33. The van der Waals surface area contributed by atoms with E-state index < -0.39 is 0 Å². The summed E-state index contributed by atoms with van der Waals surface area (Å²) < 4.78 is 0. The summed E-state index contributed by atoms with van der Waals surface area (Å²) in [6.45, 7) is 9.95. The van der Waals surface area contributed by atoms with Crippen LogP contribution in [-0.2, 0) is 0 Å². The zero-order valence-corrected chi connectivity index (χ0v) is 8.16. The van der Waals surface area contributed by atoms with Gasteiger partial charge in [-0.3, -0.25) is 4.99 Å². The molecular weight excluding hydrogens is 162 g/mol. The first kappa shape index (κ1) is 9.99. The minimum absolute atomic E-state index is 1.07. The maximum atomic E-state index is 3.93. The van der Waals surface area contributed by atoms with Crippen molar-refractivity contribution in [1.82, 2.24) is 10.2 Å². The van der Waals surface area contributed by atoms with Crippen molar-refractivity contribution in [3.8, 4) is 0 Å². The molecule has 0 unspecified atom stereocenters. The number of hydrogen-bond donors (Lipinski definition) is 1. The second-order valence-corrected chi connectivity index (χ2v) is 3.03. The molecule has 0 amide bonds. The Hall–Kier alpha value is -1.09. The molecule has 0 aromatic heterocycles. The monoisotopic (exact) mass is 179 g/mol. The number of nitrogens with zero attached hydrogens (tertiary/aromatic N) is 2. The van der Waals surface area contributed by atoms with Gasteiger partial charge in [-0.15, -0.1) is 0 Å². The number of piperazine rings is 1. The molecule has 1 fully saturated rings. The van der Waals surface area contributed by atoms with E-state index in [-0.39, 0.29) is 0 Å². The van der Waals surface area contributed by atoms with Crippen LogP contribution >= 0.6 is 0 Å². The lowest BCUT2D eigenvalue weighted by atomic mass is 10.3. The fraction of sp³-hybridized carbons (Fsp3) is 0.500. The zero-order valence-electron chi connectivity index (χ0n) is 8.16. The maximum Gasteiger partial charge on any atom is 0.0300 e. The van der Waals surface area contributed by atoms with Gasteiger partial charge in [-0.2, -0.15) is 0 Å². The van der Waals surface area contributed by atoms with E-state index in [0.717, 1.165) is 26.2 Å². The van der Waals surface area contributed by atoms with Crippen LogP contribution in [0, 0.1) is 0 Å². The summed E-state index contributed by atoms with van der Waals surface area (Å²) in [5.41, 5.74) is 1.27. The van der Waals surface area contributed by atoms with Crippen molar-refractivity contribution >= 4 is 6.21 Å². The molecule has 1 saturated heterocycles. The molecule has 1 rings (SSSR count). The molecule has 1 aliphatic rings. The first-order valence-electron chi connectivity index (χ1n) is 4.61. The third-order valence-corrected chi connectivity index (χ3v) is 2.12. The average Bonchev–Trinajstić information content (AvgIpc) is 2.19. The van der Waals surface area contributed by atoms with Crippen LogP contribution in [0.3, 0.4) is 0 Å². The molecule has 13 heavy (non-hydrogen) atoms. The molecular formula is C10H17N3. The topological polar surface area (TPSA) is 27.6 Å². The summed E-state index contributed by atoms with van der Waals surface area (Å²) in [6, 6.07) is 0. The lowest BCUT2D eigenvalue weighted by Crippen LogP contribution is -2.42. The third-order valence-electron chi connectivity index (χ3n) is 2.12. The van der Waals surface area contributed by atoms with E-state index >= 15 is 0 Å². The van der Waals surface area contributed by atoms with Gasteiger partial charge < -0.3 is 10.2 Å². The van der Waals surface area contributed by atoms with Crippen LogP contribution in [-0.4, -0.2) is 37.3 Å². The number of nitrogens with one attached hydrogen (secondary N) is 1. The maximum absolute atomic E-state index is 3.93. The molecule has 0 radical (unpaired) electrons. The van der Waals surface area contributed by atoms with Crippen molar-refractivity contribution in [2.75, 3.05) is 26.2 Å². The van der Waals surface area contributed by atoms with Crippen molar-refractivity contribution in [2.24, 2.45) is 4.99 Å². The first-order chi connectivity index (χ1) is 6.34. The van der Waals surface area contributed by atoms with Gasteiger partial charge >= 0.3 is 0 Å². The van der Waals surface area contributed by atoms with E-state index in [1.165, 1.54) is 5.70 Å². The van der Waals surface area contributed by atoms with Crippen molar-refractivity contribution in [3.05, 3.63) is 24.6 Å². The minimum atomic E-state index is 1.07. The number of rotatable bonds is 3. The summed E-state index contributed by atoms with van der Waals surface area (Å²) in [6.07, 6.45) is 5.35. The smallest absolute Gasteiger partial charge is 0.0300 e. The molecule has 3 heteroatoms. The Bertz CT molecular complexity index is 212. The van der Waals surface area contributed by atoms with E-state index in [2.05, 4.69) is 28.7 Å². The number of aliphatic imine (C=N–C) groups is 1. The van der Waals surface area contributed by atoms with E-state index in [0.29, 0.717) is 0 Å². The van der Waals surface area contributed by atoms with Gasteiger partial charge in [0.05, 0.1) is 0 Å². The van der Waals surface area contributed by atoms with E-state index in [1.54, 1.807) is 12.4 Å². The van der Waals surface area contributed by atoms with Gasteiger partial charge in [0.1, 0.15) is 0 Å². The fourth-order valence-corrected chi connectivity index (χ4v) is 1.33. The van der Waals surface area contributed by atoms with Gasteiger partial charge in [-0.25, -0.2) is 0 Å². The molecule has 0 aromatic rings. The molecule has 1 N–H and O–H groups in total. The van der Waals surface area contributed by atoms with Crippen LogP contribution in [0.5, 0.6) is 0 Å². The lowest BCUT2D eigenvalue weighted by Gasteiger charge is -2.29. The quantitative estimate of drug-likeness (QED) is 0.655. The van der Waals surface area contributed by atoms with E-state index in [1.807, 2.05) is 6.08 Å². The predicted molar refractivity (Wildman–Crippen MR) is 56.9 cm³/mol. The van der Waals surface area contributed by atoms with Crippen molar-refractivity contribution in [1.29, 1.82) is 0 Å². The second kappa shape index (κ2) is 5.54. The molecule has 3 nitrogen and oxygen atoms in total. The second-order valence-electron chi connectivity index (χ2n) is 3.03. The van der Waals surface area contributed by atoms with E-state index in [9.17, 15) is 0 Å². The van der Waals surface area contributed by atoms with Gasteiger partial charge in [0.15, 0.2) is 0 Å². The van der Waals surface area contributed by atoms with Crippen molar-refractivity contribution < 1.29 is 0 Å². The predicted octanol–water partition coefficient (Wildman–Crippen LogP) is 1.01. The van der Waals surface area contributed by atoms with Gasteiger partial charge in [-0.05, 0) is 13.0 Å². The van der Waals surface area contributed by atoms with Crippen LogP contribution in [0.25, 0.3) is 0 Å². The van der Waals surface area contributed by atoms with Crippen LogP contribution < -0.4 is 5.32 Å². The highest BCUT2D eigenvalue weighted by molar-refractivity contribution is 5.72. The normalized spacial score (nSPS) is 19.5. The van der Waals surface area contributed by atoms with Crippen molar-refractivity contribution in [3.63, 3.8) is 0 Å². The minimum Gasteiger partial charge on any atom is -0.372 e. The Morgan fingerprint density at radius 3 is 2.77 bits per heavy atom. The molecule has 1 heterocycles. The zero-order chi connectivity index (χ0) is 9.52. The van der Waals surface area contributed by atoms with Crippen LogP contribution in [0.1, 0.15) is 6.92 Å². The van der Waals surface area contributed by atoms with Gasteiger partial charge in [0.25, 0.3) is 0 Å². The SMILES string of the molecule is C=CN=C/C=C(\C)N1CCNCC1. The highest BCUT2D eigenvalue weighted by Gasteiger charge is 2.08. The van der Waals surface area contributed by atoms with Gasteiger partial charge in [0.2, 0.25) is 0 Å². The Kier molecular flexibility index (Phi) is 4.26. The number of hydrogen-bond acceptors (Lipinski definition) is 3. The molecule has 72 valence electrons. The highest BCUT2D eigenvalue weighted by atomic mass is 15.2. The Labute approximate surface area is 79.8 Å². The summed E-state index contributed by atoms with van der Waals surface area (Å²) in [5.74, 6) is 0. The summed E-state index contributed by atoms with van der Waals surface area (Å²) in [7, 11) is 0. The Morgan fingerprint density at radius 1 is 1.46 bits per heavy atom. The number of allylic oxidation sites excluding steroid dienone is 2. The van der Waals surface area contributed by atoms with Crippen molar-refractivity contribution in [2.45, 2.75) is 6.92 Å². The van der Waals surface area contributed by atoms with Crippen LogP contribution in [0.2, 0.25) is 0 Å². The Balaban J connectivity index is 2.44. The summed E-state index contributed by atoms with van der Waals surface area (Å²) in [4.78, 5) is 6.28. The molecule has 0 aliphatic carbocycles. The largest absolute Gasteiger partial charge is 0.372 e. The van der Waals surface area contributed by atoms with Gasteiger partial charge in [0, 0.05) is 44.3 Å². The molecule has 0 aromatic carbocycles. The standard InChI is InChI=1S/C10H17N3/c1-3-11-5-4-10(2)13-8-6-12-7-9-13/h3-5,12H,1,6-9H2,2H3/b10-4+,11-5?. The summed E-state index contributed by atoms with van der Waals surface area (Å²) in [5, 5.41) is 3.32. The average molecular weight is 179 g/mol. The third kappa shape index (κ3) is 3.42. The Morgan fingerprint density at radius 2 is 2.15 bits per heavy atom. The molecule has 0 saturated carbocycles. The lowest BCUT2D eigenvalue weighted by molar-refractivity contribution is 0.300. The van der Waals surface area contributed by atoms with E-state index in [4.69, 9.17) is 0 Å². The molecule has 1 aliphatic heterocycles. The summed E-state index contributed by atoms with van der Waals surface area (Å²) >= 11 is 0. The molecule has 0 bridgehead atoms. The molecule has 0 spiro atoms. The molecule has 0 atom stereocenters.